The quantitative estimate of drug-likeness (QED) is 0.476. The predicted octanol–water partition coefficient (Wildman–Crippen LogP) is 3.45. The minimum absolute atomic E-state index is 0.546. The summed E-state index contributed by atoms with van der Waals surface area (Å²) in [5.74, 6) is 0.546. The zero-order chi connectivity index (χ0) is 10.2. The number of halogens is 4. The summed E-state index contributed by atoms with van der Waals surface area (Å²) < 4.78 is 9.30. The molecule has 0 amide bonds. The number of alkyl halides is 1. The van der Waals surface area contributed by atoms with Gasteiger partial charge in [0.25, 0.3) is 0 Å². The van der Waals surface area contributed by atoms with Crippen LogP contribution in [0.1, 0.15) is 6.92 Å². The van der Waals surface area contributed by atoms with E-state index >= 15 is 0 Å². The van der Waals surface area contributed by atoms with E-state index in [4.69, 9.17) is 28.1 Å². The summed E-state index contributed by atoms with van der Waals surface area (Å²) in [6.45, 7) is 2.35. The summed E-state index contributed by atoms with van der Waals surface area (Å²) in [6, 6.07) is 0. The Balaban J connectivity index is 0. The molecule has 3 nitrogen and oxygen atoms in total. The van der Waals surface area contributed by atoms with Crippen molar-refractivity contribution in [2.45, 2.75) is 6.92 Å². The molecule has 0 aliphatic heterocycles. The van der Waals surface area contributed by atoms with E-state index in [9.17, 15) is 4.57 Å². The van der Waals surface area contributed by atoms with Crippen LogP contribution in [0.25, 0.3) is 0 Å². The monoisotopic (exact) mass is 273 g/mol. The van der Waals surface area contributed by atoms with Crippen LogP contribution in [-0.4, -0.2) is 22.5 Å². The topological polar surface area (TPSA) is 49.7 Å². The van der Waals surface area contributed by atoms with Crippen LogP contribution in [0, 0.1) is 0 Å². The Hall–Kier alpha value is 1.02. The molecule has 0 fully saturated rings. The smallest absolute Gasteiger partial charge is 0.322 e. The third-order valence-electron chi connectivity index (χ3n) is 0.414. The molecule has 0 aromatic rings. The number of aliphatic imine (C=N–C) groups is 1. The van der Waals surface area contributed by atoms with Crippen LogP contribution in [0.3, 0.4) is 0 Å². The molecular formula is C4H8Cl4NO2P. The van der Waals surface area contributed by atoms with Crippen molar-refractivity contribution < 1.29 is 9.46 Å². The number of hydrogen-bond donors (Lipinski definition) is 1. The fourth-order valence-electron chi connectivity index (χ4n) is 0.196. The second kappa shape index (κ2) is 8.61. The minimum Gasteiger partial charge on any atom is -0.322 e. The summed E-state index contributed by atoms with van der Waals surface area (Å²) in [4.78, 5) is 11.4. The largest absolute Gasteiger partial charge is 0.377 e. The molecule has 0 aromatic heterocycles. The Bertz CT molecular complexity index is 168. The van der Waals surface area contributed by atoms with E-state index in [1.807, 2.05) is 0 Å². The Morgan fingerprint density at radius 1 is 1.58 bits per heavy atom. The Morgan fingerprint density at radius 2 is 1.92 bits per heavy atom. The van der Waals surface area contributed by atoms with Gasteiger partial charge in [0.2, 0.25) is 0 Å². The molecular weight excluding hydrogens is 267 g/mol. The maximum absolute atomic E-state index is 9.30. The molecule has 0 unspecified atom stereocenters. The molecule has 0 atom stereocenters. The standard InChI is InChI=1S/C4H7Cl2N.Cl2HO2P/c1-4(6)7-3-2-5;1-5(2,3)4/h2-3H2,1H3;(H,3,4). The third-order valence-corrected chi connectivity index (χ3v) is 0.703. The van der Waals surface area contributed by atoms with Crippen molar-refractivity contribution in [2.75, 3.05) is 12.4 Å². The van der Waals surface area contributed by atoms with E-state index in [1.54, 1.807) is 6.92 Å². The van der Waals surface area contributed by atoms with Crippen LogP contribution in [0.5, 0.6) is 0 Å². The summed E-state index contributed by atoms with van der Waals surface area (Å²) >= 11 is 19.4. The van der Waals surface area contributed by atoms with E-state index < -0.39 is 6.07 Å². The van der Waals surface area contributed by atoms with E-state index in [2.05, 4.69) is 27.5 Å². The van der Waals surface area contributed by atoms with E-state index in [-0.39, 0.29) is 0 Å². The fourth-order valence-corrected chi connectivity index (χ4v) is 0.365. The molecule has 0 saturated carbocycles. The van der Waals surface area contributed by atoms with Crippen LogP contribution in [0.15, 0.2) is 4.99 Å². The first-order valence-electron chi connectivity index (χ1n) is 2.72. The molecule has 0 radical (unpaired) electrons. The van der Waals surface area contributed by atoms with Gasteiger partial charge in [0, 0.05) is 5.88 Å². The van der Waals surface area contributed by atoms with Crippen molar-refractivity contribution in [1.82, 2.24) is 0 Å². The van der Waals surface area contributed by atoms with Crippen molar-refractivity contribution in [3.05, 3.63) is 0 Å². The van der Waals surface area contributed by atoms with Gasteiger partial charge in [-0.25, -0.2) is 0 Å². The van der Waals surface area contributed by atoms with Gasteiger partial charge in [-0.1, -0.05) is 11.6 Å². The maximum Gasteiger partial charge on any atom is 0.377 e. The average Bonchev–Trinajstić information content (AvgIpc) is 1.79. The first-order valence-corrected chi connectivity index (χ1v) is 7.10. The van der Waals surface area contributed by atoms with Crippen molar-refractivity contribution in [2.24, 2.45) is 4.99 Å². The lowest BCUT2D eigenvalue weighted by Gasteiger charge is -1.82. The van der Waals surface area contributed by atoms with E-state index in [0.717, 1.165) is 0 Å². The molecule has 0 spiro atoms. The first-order chi connectivity index (χ1) is 5.27. The van der Waals surface area contributed by atoms with Gasteiger partial charge in [-0.2, -0.15) is 0 Å². The molecule has 0 aromatic carbocycles. The highest BCUT2D eigenvalue weighted by atomic mass is 35.9. The maximum atomic E-state index is 9.30. The van der Waals surface area contributed by atoms with Gasteiger partial charge in [0.15, 0.2) is 0 Å². The van der Waals surface area contributed by atoms with Gasteiger partial charge < -0.3 is 4.89 Å². The Labute approximate surface area is 90.7 Å². The molecule has 74 valence electrons. The van der Waals surface area contributed by atoms with Crippen molar-refractivity contribution in [3.8, 4) is 0 Å². The van der Waals surface area contributed by atoms with Gasteiger partial charge >= 0.3 is 6.07 Å². The Morgan fingerprint density at radius 3 is 2.00 bits per heavy atom. The average molecular weight is 275 g/mol. The predicted molar refractivity (Wildman–Crippen MR) is 56.1 cm³/mol. The van der Waals surface area contributed by atoms with Crippen LogP contribution < -0.4 is 0 Å². The molecule has 12 heavy (non-hydrogen) atoms. The number of nitrogens with zero attached hydrogens (tertiary/aromatic N) is 1. The second-order valence-electron chi connectivity index (χ2n) is 1.50. The summed E-state index contributed by atoms with van der Waals surface area (Å²) in [7, 11) is 0. The van der Waals surface area contributed by atoms with Crippen LogP contribution in [0.2, 0.25) is 0 Å². The van der Waals surface area contributed by atoms with Crippen molar-refractivity contribution in [3.63, 3.8) is 0 Å². The van der Waals surface area contributed by atoms with E-state index in [0.29, 0.717) is 17.6 Å². The molecule has 8 heteroatoms. The molecule has 0 bridgehead atoms. The third kappa shape index (κ3) is 43.9. The lowest BCUT2D eigenvalue weighted by atomic mass is 10.7. The summed E-state index contributed by atoms with van der Waals surface area (Å²) in [6.07, 6.45) is -3.69. The number of rotatable bonds is 2. The molecule has 0 rings (SSSR count). The highest BCUT2D eigenvalue weighted by Gasteiger charge is 2.02. The lowest BCUT2D eigenvalue weighted by molar-refractivity contribution is 0.512. The van der Waals surface area contributed by atoms with E-state index in [1.165, 1.54) is 0 Å². The van der Waals surface area contributed by atoms with Gasteiger partial charge in [0.1, 0.15) is 0 Å². The number of hydrogen-bond acceptors (Lipinski definition) is 2. The Kier molecular flexibility index (Phi) is 11.1. The zero-order valence-electron chi connectivity index (χ0n) is 6.18. The molecule has 1 N–H and O–H groups in total. The highest BCUT2D eigenvalue weighted by Crippen LogP contribution is 2.51. The second-order valence-corrected chi connectivity index (χ2v) is 6.57. The molecule has 0 saturated heterocycles. The SMILES string of the molecule is CC(Cl)=NCCCl.O=P(O)(Cl)Cl. The van der Waals surface area contributed by atoms with Gasteiger partial charge in [-0.05, 0) is 29.4 Å². The normalized spacial score (nSPS) is 12.0. The first kappa shape index (κ1) is 15.5. The van der Waals surface area contributed by atoms with Crippen molar-refractivity contribution in [1.29, 1.82) is 0 Å². The fraction of sp³-hybridized carbons (Fsp3) is 0.750. The molecule has 0 aliphatic carbocycles. The van der Waals surface area contributed by atoms with Crippen LogP contribution in [-0.2, 0) is 4.57 Å². The van der Waals surface area contributed by atoms with Crippen LogP contribution >= 0.6 is 51.8 Å². The van der Waals surface area contributed by atoms with Gasteiger partial charge in [-0.3, -0.25) is 9.56 Å². The van der Waals surface area contributed by atoms with Gasteiger partial charge in [-0.15, -0.1) is 11.6 Å². The summed E-state index contributed by atoms with van der Waals surface area (Å²) in [5, 5.41) is 0.570. The molecule has 0 heterocycles. The van der Waals surface area contributed by atoms with Gasteiger partial charge in [0.05, 0.1) is 11.7 Å². The highest BCUT2D eigenvalue weighted by molar-refractivity contribution is 8.04. The zero-order valence-corrected chi connectivity index (χ0v) is 10.1. The molecule has 0 aliphatic rings. The minimum atomic E-state index is -3.69. The summed E-state index contributed by atoms with van der Waals surface area (Å²) in [5.41, 5.74) is 0. The lowest BCUT2D eigenvalue weighted by Crippen LogP contribution is -1.83. The van der Waals surface area contributed by atoms with Crippen LogP contribution in [0.4, 0.5) is 0 Å². The van der Waals surface area contributed by atoms with Crippen molar-refractivity contribution >= 4 is 56.9 Å².